The quantitative estimate of drug-likeness (QED) is 0.855. The molecule has 2 rings (SSSR count). The molecule has 14 heavy (non-hydrogen) atoms. The molecule has 2 nitrogen and oxygen atoms in total. The van der Waals surface area contributed by atoms with Crippen molar-refractivity contribution in [3.63, 3.8) is 0 Å². The summed E-state index contributed by atoms with van der Waals surface area (Å²) >= 11 is 1.45. The summed E-state index contributed by atoms with van der Waals surface area (Å²) in [6.45, 7) is 0. The summed E-state index contributed by atoms with van der Waals surface area (Å²) in [7, 11) is 0. The first kappa shape index (κ1) is 11.2. The van der Waals surface area contributed by atoms with Crippen molar-refractivity contribution in [1.82, 2.24) is 4.37 Å². The van der Waals surface area contributed by atoms with Gasteiger partial charge in [0, 0.05) is 11.1 Å². The molecule has 1 heterocycles. The minimum atomic E-state index is -0.0336. The van der Waals surface area contributed by atoms with Crippen molar-refractivity contribution >= 4 is 23.9 Å². The minimum absolute atomic E-state index is 0. The molecule has 0 aliphatic rings. The van der Waals surface area contributed by atoms with Crippen LogP contribution in [0.3, 0.4) is 0 Å². The zero-order chi connectivity index (χ0) is 9.10. The first-order chi connectivity index (χ1) is 6.38. The fraction of sp³-hybridized carbons (Fsp3) is 0.100. The van der Waals surface area contributed by atoms with Crippen LogP contribution in [0.5, 0.6) is 0 Å². The summed E-state index contributed by atoms with van der Waals surface area (Å²) in [5, 5.41) is 0. The average Bonchev–Trinajstić information content (AvgIpc) is 2.71. The minimum Gasteiger partial charge on any atom is -0.320 e. The highest BCUT2D eigenvalue weighted by atomic mass is 35.5. The van der Waals surface area contributed by atoms with Gasteiger partial charge in [-0.05, 0) is 23.2 Å². The molecule has 0 saturated heterocycles. The van der Waals surface area contributed by atoms with Crippen molar-refractivity contribution in [1.29, 1.82) is 0 Å². The van der Waals surface area contributed by atoms with E-state index >= 15 is 0 Å². The predicted octanol–water partition coefficient (Wildman–Crippen LogP) is 2.61. The van der Waals surface area contributed by atoms with Crippen LogP contribution in [0.25, 0.3) is 0 Å². The summed E-state index contributed by atoms with van der Waals surface area (Å²) in [4.78, 5) is 1.10. The van der Waals surface area contributed by atoms with Gasteiger partial charge in [0.15, 0.2) is 0 Å². The largest absolute Gasteiger partial charge is 0.320 e. The third kappa shape index (κ3) is 2.32. The molecular formula is C10H11ClN2S. The van der Waals surface area contributed by atoms with Gasteiger partial charge in [-0.1, -0.05) is 30.3 Å². The smallest absolute Gasteiger partial charge is 0.0662 e. The number of halogens is 1. The molecule has 0 bridgehead atoms. The zero-order valence-corrected chi connectivity index (χ0v) is 9.09. The van der Waals surface area contributed by atoms with Crippen molar-refractivity contribution in [2.75, 3.05) is 0 Å². The highest BCUT2D eigenvalue weighted by Crippen LogP contribution is 2.21. The molecule has 1 atom stereocenters. The predicted molar refractivity (Wildman–Crippen MR) is 61.8 cm³/mol. The van der Waals surface area contributed by atoms with Gasteiger partial charge in [-0.25, -0.2) is 4.37 Å². The third-order valence-electron chi connectivity index (χ3n) is 1.92. The van der Waals surface area contributed by atoms with Crippen molar-refractivity contribution < 1.29 is 0 Å². The van der Waals surface area contributed by atoms with Crippen molar-refractivity contribution in [2.45, 2.75) is 6.04 Å². The third-order valence-corrected chi connectivity index (χ3v) is 2.75. The van der Waals surface area contributed by atoms with E-state index in [1.54, 1.807) is 6.20 Å². The van der Waals surface area contributed by atoms with E-state index in [0.717, 1.165) is 10.4 Å². The second kappa shape index (κ2) is 5.10. The Hall–Kier alpha value is -0.900. The Labute approximate surface area is 93.3 Å². The van der Waals surface area contributed by atoms with Gasteiger partial charge in [0.1, 0.15) is 0 Å². The Morgan fingerprint density at radius 2 is 1.86 bits per heavy atom. The standard InChI is InChI=1S/C10H10N2S.ClH/c11-10(9-6-7-12-13-9)8-4-2-1-3-5-8;/h1-7,10H,11H2;1H. The molecule has 0 aliphatic heterocycles. The Balaban J connectivity index is 0.000000980. The van der Waals surface area contributed by atoms with Gasteiger partial charge in [-0.15, -0.1) is 12.4 Å². The van der Waals surface area contributed by atoms with Gasteiger partial charge in [-0.3, -0.25) is 0 Å². The first-order valence-corrected chi connectivity index (χ1v) is 4.86. The average molecular weight is 227 g/mol. The highest BCUT2D eigenvalue weighted by molar-refractivity contribution is 7.05. The summed E-state index contributed by atoms with van der Waals surface area (Å²) < 4.78 is 4.03. The number of aromatic nitrogens is 1. The summed E-state index contributed by atoms with van der Waals surface area (Å²) in [6.07, 6.45) is 1.78. The maximum Gasteiger partial charge on any atom is 0.0662 e. The van der Waals surface area contributed by atoms with Crippen LogP contribution in [-0.2, 0) is 0 Å². The summed E-state index contributed by atoms with van der Waals surface area (Å²) in [5.41, 5.74) is 7.16. The molecular weight excluding hydrogens is 216 g/mol. The van der Waals surface area contributed by atoms with E-state index in [9.17, 15) is 0 Å². The SMILES string of the molecule is Cl.NC(c1ccccc1)c1ccns1. The number of nitrogens with zero attached hydrogens (tertiary/aromatic N) is 1. The van der Waals surface area contributed by atoms with E-state index in [0.29, 0.717) is 0 Å². The molecule has 0 aliphatic carbocycles. The van der Waals surface area contributed by atoms with Crippen LogP contribution in [0.15, 0.2) is 42.6 Å². The van der Waals surface area contributed by atoms with Gasteiger partial charge < -0.3 is 5.73 Å². The topological polar surface area (TPSA) is 38.9 Å². The molecule has 2 aromatic rings. The molecule has 2 N–H and O–H groups in total. The summed E-state index contributed by atoms with van der Waals surface area (Å²) in [5.74, 6) is 0. The maximum atomic E-state index is 6.03. The Morgan fingerprint density at radius 1 is 1.14 bits per heavy atom. The number of benzene rings is 1. The fourth-order valence-electron chi connectivity index (χ4n) is 1.21. The van der Waals surface area contributed by atoms with Crippen LogP contribution in [0.4, 0.5) is 0 Å². The summed E-state index contributed by atoms with van der Waals surface area (Å²) in [6, 6.07) is 12.0. The molecule has 0 fully saturated rings. The van der Waals surface area contributed by atoms with Crippen molar-refractivity contribution in [3.05, 3.63) is 53.0 Å². The first-order valence-electron chi connectivity index (χ1n) is 4.09. The van der Waals surface area contributed by atoms with E-state index in [1.807, 2.05) is 36.4 Å². The Kier molecular flexibility index (Phi) is 4.07. The number of hydrogen-bond acceptors (Lipinski definition) is 3. The monoisotopic (exact) mass is 226 g/mol. The van der Waals surface area contributed by atoms with E-state index in [1.165, 1.54) is 11.5 Å². The van der Waals surface area contributed by atoms with Gasteiger partial charge in [0.05, 0.1) is 6.04 Å². The van der Waals surface area contributed by atoms with Crippen LogP contribution in [0.1, 0.15) is 16.5 Å². The second-order valence-corrected chi connectivity index (χ2v) is 3.67. The van der Waals surface area contributed by atoms with Gasteiger partial charge >= 0.3 is 0 Å². The normalized spacial score (nSPS) is 11.8. The molecule has 74 valence electrons. The lowest BCUT2D eigenvalue weighted by atomic mass is 10.1. The number of rotatable bonds is 2. The Bertz CT molecular complexity index is 361. The Morgan fingerprint density at radius 3 is 2.43 bits per heavy atom. The van der Waals surface area contributed by atoms with Crippen LogP contribution >= 0.6 is 23.9 Å². The lowest BCUT2D eigenvalue weighted by Crippen LogP contribution is -2.09. The molecule has 4 heteroatoms. The molecule has 0 spiro atoms. The van der Waals surface area contributed by atoms with Gasteiger partial charge in [0.25, 0.3) is 0 Å². The molecule has 1 aromatic heterocycles. The van der Waals surface area contributed by atoms with Gasteiger partial charge in [-0.2, -0.15) is 0 Å². The number of hydrogen-bond donors (Lipinski definition) is 1. The molecule has 1 unspecified atom stereocenters. The van der Waals surface area contributed by atoms with Crippen LogP contribution in [-0.4, -0.2) is 4.37 Å². The van der Waals surface area contributed by atoms with E-state index in [-0.39, 0.29) is 18.4 Å². The van der Waals surface area contributed by atoms with E-state index < -0.39 is 0 Å². The van der Waals surface area contributed by atoms with Gasteiger partial charge in [0.2, 0.25) is 0 Å². The second-order valence-electron chi connectivity index (χ2n) is 2.80. The van der Waals surface area contributed by atoms with Crippen molar-refractivity contribution in [2.24, 2.45) is 5.73 Å². The van der Waals surface area contributed by atoms with E-state index in [2.05, 4.69) is 4.37 Å². The fourth-order valence-corrected chi connectivity index (χ4v) is 1.83. The molecule has 0 saturated carbocycles. The molecule has 0 radical (unpaired) electrons. The highest BCUT2D eigenvalue weighted by Gasteiger charge is 2.08. The van der Waals surface area contributed by atoms with Crippen molar-refractivity contribution in [3.8, 4) is 0 Å². The van der Waals surface area contributed by atoms with Crippen LogP contribution < -0.4 is 5.73 Å². The lowest BCUT2D eigenvalue weighted by molar-refractivity contribution is 0.893. The number of nitrogens with two attached hydrogens (primary N) is 1. The van der Waals surface area contributed by atoms with Crippen LogP contribution in [0, 0.1) is 0 Å². The maximum absolute atomic E-state index is 6.03. The van der Waals surface area contributed by atoms with Crippen LogP contribution in [0.2, 0.25) is 0 Å². The lowest BCUT2D eigenvalue weighted by Gasteiger charge is -2.07. The molecule has 1 aromatic carbocycles. The van der Waals surface area contributed by atoms with E-state index in [4.69, 9.17) is 5.73 Å². The zero-order valence-electron chi connectivity index (χ0n) is 7.46. The molecule has 0 amide bonds.